The van der Waals surface area contributed by atoms with Gasteiger partial charge in [-0.15, -0.1) is 0 Å². The predicted octanol–water partition coefficient (Wildman–Crippen LogP) is 4.52. The summed E-state index contributed by atoms with van der Waals surface area (Å²) in [6, 6.07) is 0. The summed E-state index contributed by atoms with van der Waals surface area (Å²) in [6.07, 6.45) is 0. The van der Waals surface area contributed by atoms with Crippen molar-refractivity contribution in [2.24, 2.45) is 0 Å². The number of methoxy groups -OCH3 is 6. The van der Waals surface area contributed by atoms with Crippen LogP contribution in [0.25, 0.3) is 11.1 Å². The topological polar surface area (TPSA) is 89.5 Å². The van der Waals surface area contributed by atoms with Gasteiger partial charge in [-0.2, -0.15) is 0 Å². The Hall–Kier alpha value is -2.30. The molecule has 2 rings (SSSR count). The van der Waals surface area contributed by atoms with Crippen molar-refractivity contribution in [3.8, 4) is 45.6 Å². The van der Waals surface area contributed by atoms with E-state index in [1.54, 1.807) is 26.7 Å². The molecule has 34 heavy (non-hydrogen) atoms. The molecule has 2 aromatic rings. The second-order valence-electron chi connectivity index (χ2n) is 8.60. The molecule has 8 nitrogen and oxygen atoms in total. The molecule has 0 radical (unpaired) electrons. The Kier molecular flexibility index (Phi) is 8.33. The molecule has 190 valence electrons. The fraction of sp³-hybridized carbons (Fsp3) is 0.500. The lowest BCUT2D eigenvalue weighted by atomic mass is 9.96. The first-order valence-electron chi connectivity index (χ1n) is 10.5. The van der Waals surface area contributed by atoms with Crippen molar-refractivity contribution in [1.29, 1.82) is 0 Å². The number of hydrogen-bond acceptors (Lipinski definition) is 8. The van der Waals surface area contributed by atoms with Crippen LogP contribution >= 0.6 is 14.3 Å². The van der Waals surface area contributed by atoms with Crippen LogP contribution in [0, 0.1) is 13.8 Å². The molecule has 0 spiro atoms. The number of rotatable bonds is 9. The summed E-state index contributed by atoms with van der Waals surface area (Å²) < 4.78 is 61.9. The Balaban J connectivity index is 3.49. The van der Waals surface area contributed by atoms with Crippen LogP contribution in [0.1, 0.15) is 11.1 Å². The average molecular weight is 514 g/mol. The molecule has 0 N–H and O–H groups in total. The van der Waals surface area contributed by atoms with E-state index in [1.165, 1.54) is 42.7 Å². The Bertz CT molecular complexity index is 1100. The minimum atomic E-state index is -2.96. The summed E-state index contributed by atoms with van der Waals surface area (Å²) in [7, 11) is 3.10. The lowest BCUT2D eigenvalue weighted by Gasteiger charge is -2.29. The second-order valence-corrected chi connectivity index (χ2v) is 14.9. The van der Waals surface area contributed by atoms with E-state index in [2.05, 4.69) is 0 Å². The second kappa shape index (κ2) is 10.1. The zero-order chi connectivity index (χ0) is 26.2. The molecular formula is C24H36O8P2. The maximum absolute atomic E-state index is 13.8. The van der Waals surface area contributed by atoms with Crippen LogP contribution in [0.2, 0.25) is 0 Å². The minimum absolute atomic E-state index is 0.295. The summed E-state index contributed by atoms with van der Waals surface area (Å²) in [6.45, 7) is 10.3. The monoisotopic (exact) mass is 514 g/mol. The molecule has 0 saturated carbocycles. The first-order valence-corrected chi connectivity index (χ1v) is 15.7. The molecule has 2 aromatic carbocycles. The van der Waals surface area contributed by atoms with E-state index in [1.807, 2.05) is 13.8 Å². The van der Waals surface area contributed by atoms with Crippen molar-refractivity contribution in [2.75, 3.05) is 69.3 Å². The van der Waals surface area contributed by atoms with Crippen molar-refractivity contribution in [3.05, 3.63) is 11.1 Å². The van der Waals surface area contributed by atoms with Crippen molar-refractivity contribution in [1.82, 2.24) is 0 Å². The fourth-order valence-electron chi connectivity index (χ4n) is 4.64. The smallest absolute Gasteiger partial charge is 0.204 e. The Morgan fingerprint density at radius 1 is 0.441 bits per heavy atom. The summed E-state index contributed by atoms with van der Waals surface area (Å²) in [4.78, 5) is 0. The van der Waals surface area contributed by atoms with Gasteiger partial charge in [-0.1, -0.05) is 0 Å². The SMILES string of the molecule is COc1c(C)c(P(C)(C)=O)c(-c2c(OC)c(OC)c(OC)c(C)c2P(C)(C)=O)c(OC)c1OC. The van der Waals surface area contributed by atoms with Crippen LogP contribution in [0.4, 0.5) is 0 Å². The van der Waals surface area contributed by atoms with Crippen molar-refractivity contribution in [2.45, 2.75) is 13.8 Å². The van der Waals surface area contributed by atoms with Gasteiger partial charge in [0.05, 0.1) is 42.7 Å². The van der Waals surface area contributed by atoms with E-state index in [4.69, 9.17) is 28.4 Å². The molecule has 0 aliphatic rings. The summed E-state index contributed by atoms with van der Waals surface area (Å²) in [5.74, 6) is 2.08. The normalized spacial score (nSPS) is 11.8. The summed E-state index contributed by atoms with van der Waals surface area (Å²) in [5, 5.41) is 1.03. The van der Waals surface area contributed by atoms with Crippen LogP contribution in [-0.4, -0.2) is 69.3 Å². The zero-order valence-electron chi connectivity index (χ0n) is 22.2. The van der Waals surface area contributed by atoms with Gasteiger partial charge in [0.15, 0.2) is 23.0 Å². The molecule has 0 unspecified atom stereocenters. The summed E-state index contributed by atoms with van der Waals surface area (Å²) >= 11 is 0. The zero-order valence-corrected chi connectivity index (χ0v) is 23.9. The highest BCUT2D eigenvalue weighted by atomic mass is 31.2. The van der Waals surface area contributed by atoms with Gasteiger partial charge in [-0.25, -0.2) is 0 Å². The van der Waals surface area contributed by atoms with Crippen molar-refractivity contribution in [3.63, 3.8) is 0 Å². The molecule has 0 aliphatic heterocycles. The van der Waals surface area contributed by atoms with Crippen LogP contribution in [-0.2, 0) is 9.13 Å². The van der Waals surface area contributed by atoms with E-state index in [-0.39, 0.29) is 0 Å². The largest absolute Gasteiger partial charge is 0.492 e. The third-order valence-electron chi connectivity index (χ3n) is 5.70. The Labute approximate surface area is 202 Å². The van der Waals surface area contributed by atoms with Crippen molar-refractivity contribution < 1.29 is 37.6 Å². The third kappa shape index (κ3) is 4.50. The van der Waals surface area contributed by atoms with Gasteiger partial charge < -0.3 is 37.6 Å². The standard InChI is InChI=1S/C24H36O8P2/c1-13-17(27-3)21(31-7)19(29-5)15(23(13)33(9,10)25)16-20(30-6)22(32-8)18(28-4)14(2)24(16)34(11,12)26/h1-12H3. The van der Waals surface area contributed by atoms with E-state index in [9.17, 15) is 9.13 Å². The molecule has 0 fully saturated rings. The highest BCUT2D eigenvalue weighted by Crippen LogP contribution is 2.58. The van der Waals surface area contributed by atoms with Crippen molar-refractivity contribution >= 4 is 24.9 Å². The van der Waals surface area contributed by atoms with Gasteiger partial charge >= 0.3 is 0 Å². The van der Waals surface area contributed by atoms with Gasteiger partial charge in [0.1, 0.15) is 14.3 Å². The molecule has 0 saturated heterocycles. The van der Waals surface area contributed by atoms with E-state index < -0.39 is 14.3 Å². The molecule has 10 heteroatoms. The van der Waals surface area contributed by atoms with Crippen LogP contribution in [0.5, 0.6) is 34.5 Å². The summed E-state index contributed by atoms with van der Waals surface area (Å²) in [5.41, 5.74) is 2.19. The first kappa shape index (κ1) is 27.9. The lowest BCUT2D eigenvalue weighted by Crippen LogP contribution is -2.22. The number of hydrogen-bond donors (Lipinski definition) is 0. The van der Waals surface area contributed by atoms with E-state index in [0.29, 0.717) is 67.4 Å². The van der Waals surface area contributed by atoms with E-state index in [0.717, 1.165) is 0 Å². The lowest BCUT2D eigenvalue weighted by molar-refractivity contribution is 0.321. The van der Waals surface area contributed by atoms with Gasteiger partial charge in [0.25, 0.3) is 0 Å². The maximum Gasteiger partial charge on any atom is 0.204 e. The van der Waals surface area contributed by atoms with Gasteiger partial charge in [0, 0.05) is 32.9 Å². The average Bonchev–Trinajstić information content (AvgIpc) is 2.74. The molecule has 0 bridgehead atoms. The first-order chi connectivity index (χ1) is 15.8. The number of benzene rings is 2. The highest BCUT2D eigenvalue weighted by molar-refractivity contribution is 7.71. The minimum Gasteiger partial charge on any atom is -0.492 e. The molecule has 0 aromatic heterocycles. The molecule has 0 heterocycles. The molecular weight excluding hydrogens is 478 g/mol. The fourth-order valence-corrected chi connectivity index (χ4v) is 7.96. The van der Waals surface area contributed by atoms with Gasteiger partial charge in [-0.05, 0) is 40.5 Å². The third-order valence-corrected chi connectivity index (χ3v) is 8.97. The highest BCUT2D eigenvalue weighted by Gasteiger charge is 2.38. The Morgan fingerprint density at radius 3 is 0.853 bits per heavy atom. The van der Waals surface area contributed by atoms with Crippen LogP contribution < -0.4 is 39.0 Å². The van der Waals surface area contributed by atoms with Gasteiger partial charge in [0.2, 0.25) is 11.5 Å². The van der Waals surface area contributed by atoms with Crippen LogP contribution in [0.3, 0.4) is 0 Å². The number of ether oxygens (including phenoxy) is 6. The van der Waals surface area contributed by atoms with E-state index >= 15 is 0 Å². The molecule has 0 aliphatic carbocycles. The predicted molar refractivity (Wildman–Crippen MR) is 139 cm³/mol. The van der Waals surface area contributed by atoms with Gasteiger partial charge in [-0.3, -0.25) is 0 Å². The van der Waals surface area contributed by atoms with Crippen LogP contribution in [0.15, 0.2) is 0 Å². The quantitative estimate of drug-likeness (QED) is 0.452. The maximum atomic E-state index is 13.8. The molecule has 0 amide bonds. The molecule has 0 atom stereocenters. The Morgan fingerprint density at radius 2 is 0.676 bits per heavy atom.